The van der Waals surface area contributed by atoms with Crippen molar-refractivity contribution in [3.63, 3.8) is 0 Å². The summed E-state index contributed by atoms with van der Waals surface area (Å²) in [5.74, 6) is -1.74. The predicted molar refractivity (Wildman–Crippen MR) is 75.9 cm³/mol. The summed E-state index contributed by atoms with van der Waals surface area (Å²) in [6.07, 6.45) is 3.16. The minimum Gasteiger partial charge on any atom is -0.480 e. The highest BCUT2D eigenvalue weighted by Crippen LogP contribution is 2.30. The molecule has 0 atom stereocenters. The van der Waals surface area contributed by atoms with E-state index in [-0.39, 0.29) is 10.7 Å². The Bertz CT molecular complexity index is 685. The molecule has 1 aliphatic rings. The number of carboxylic acids is 1. The number of sulfonamides is 1. The van der Waals surface area contributed by atoms with Crippen LogP contribution in [0.4, 0.5) is 0 Å². The summed E-state index contributed by atoms with van der Waals surface area (Å²) in [7, 11) is -1.09. The van der Waals surface area contributed by atoms with Gasteiger partial charge in [-0.2, -0.15) is 0 Å². The van der Waals surface area contributed by atoms with E-state index in [1.165, 1.54) is 14.1 Å². The van der Waals surface area contributed by atoms with E-state index in [4.69, 9.17) is 4.42 Å². The molecule has 0 radical (unpaired) electrons. The van der Waals surface area contributed by atoms with Crippen molar-refractivity contribution in [3.8, 4) is 0 Å². The quantitative estimate of drug-likeness (QED) is 0.819. The molecule has 0 aliphatic heterocycles. The Labute approximate surface area is 128 Å². The number of nitrogens with one attached hydrogen (secondary N) is 1. The fourth-order valence-corrected chi connectivity index (χ4v) is 3.22. The number of carboxylic acid groups (broad SMARTS) is 1. The van der Waals surface area contributed by atoms with E-state index in [0.29, 0.717) is 12.8 Å². The van der Waals surface area contributed by atoms with E-state index in [0.717, 1.165) is 29.5 Å². The van der Waals surface area contributed by atoms with Gasteiger partial charge in [-0.1, -0.05) is 12.8 Å². The summed E-state index contributed by atoms with van der Waals surface area (Å²) < 4.78 is 29.7. The smallest absolute Gasteiger partial charge is 0.329 e. The van der Waals surface area contributed by atoms with Crippen LogP contribution < -0.4 is 5.32 Å². The minimum absolute atomic E-state index is 0.0204. The third kappa shape index (κ3) is 2.86. The lowest BCUT2D eigenvalue weighted by atomic mass is 9.97. The van der Waals surface area contributed by atoms with Gasteiger partial charge in [0.15, 0.2) is 0 Å². The Morgan fingerprint density at radius 2 is 1.91 bits per heavy atom. The molecule has 0 saturated heterocycles. The van der Waals surface area contributed by atoms with Gasteiger partial charge in [-0.05, 0) is 12.8 Å². The predicted octanol–water partition coefficient (Wildman–Crippen LogP) is 0.657. The van der Waals surface area contributed by atoms with Crippen LogP contribution in [0.5, 0.6) is 0 Å². The molecule has 2 N–H and O–H groups in total. The molecule has 122 valence electrons. The highest BCUT2D eigenvalue weighted by Gasteiger charge is 2.43. The topological polar surface area (TPSA) is 117 Å². The van der Waals surface area contributed by atoms with Crippen LogP contribution in [0.2, 0.25) is 0 Å². The highest BCUT2D eigenvalue weighted by molar-refractivity contribution is 7.88. The van der Waals surface area contributed by atoms with Crippen molar-refractivity contribution < 1.29 is 27.5 Å². The van der Waals surface area contributed by atoms with Gasteiger partial charge in [-0.15, -0.1) is 0 Å². The zero-order chi connectivity index (χ0) is 16.5. The third-order valence-electron chi connectivity index (χ3n) is 3.79. The molecule has 1 aliphatic carbocycles. The zero-order valence-corrected chi connectivity index (χ0v) is 13.1. The van der Waals surface area contributed by atoms with Crippen LogP contribution in [0.3, 0.4) is 0 Å². The fourth-order valence-electron chi connectivity index (χ4n) is 2.41. The lowest BCUT2D eigenvalue weighted by Gasteiger charge is -2.24. The van der Waals surface area contributed by atoms with Crippen LogP contribution >= 0.6 is 0 Å². The van der Waals surface area contributed by atoms with E-state index >= 15 is 0 Å². The average molecular weight is 330 g/mol. The van der Waals surface area contributed by atoms with E-state index in [1.54, 1.807) is 0 Å². The second-order valence-corrected chi connectivity index (χ2v) is 7.57. The number of nitrogens with zero attached hydrogens (tertiary/aromatic N) is 1. The van der Waals surface area contributed by atoms with E-state index < -0.39 is 27.4 Å². The summed E-state index contributed by atoms with van der Waals surface area (Å²) in [5, 5.41) is 11.5. The summed E-state index contributed by atoms with van der Waals surface area (Å²) in [6, 6.07) is 1.09. The molecule has 1 aromatic heterocycles. The molecular weight excluding hydrogens is 312 g/mol. The van der Waals surface area contributed by atoms with Crippen molar-refractivity contribution in [2.45, 2.75) is 36.3 Å². The Balaban J connectivity index is 2.21. The Morgan fingerprint density at radius 3 is 2.41 bits per heavy atom. The largest absolute Gasteiger partial charge is 0.480 e. The van der Waals surface area contributed by atoms with Crippen LogP contribution in [0.15, 0.2) is 21.8 Å². The summed E-state index contributed by atoms with van der Waals surface area (Å²) >= 11 is 0. The number of hydrogen-bond donors (Lipinski definition) is 2. The summed E-state index contributed by atoms with van der Waals surface area (Å²) in [4.78, 5) is 23.6. The highest BCUT2D eigenvalue weighted by atomic mass is 32.2. The Kier molecular flexibility index (Phi) is 4.30. The lowest BCUT2D eigenvalue weighted by Crippen LogP contribution is -2.52. The van der Waals surface area contributed by atoms with Gasteiger partial charge in [0.05, 0.1) is 5.56 Å². The first-order valence-corrected chi connectivity index (χ1v) is 8.20. The van der Waals surface area contributed by atoms with Crippen molar-refractivity contribution in [2.24, 2.45) is 0 Å². The summed E-state index contributed by atoms with van der Waals surface area (Å²) in [6.45, 7) is 0. The van der Waals surface area contributed by atoms with Crippen molar-refractivity contribution in [3.05, 3.63) is 17.9 Å². The normalized spacial score (nSPS) is 17.6. The molecule has 8 nitrogen and oxygen atoms in total. The Hall–Kier alpha value is -1.87. The van der Waals surface area contributed by atoms with E-state index in [9.17, 15) is 23.1 Å². The third-order valence-corrected chi connectivity index (χ3v) is 5.48. The zero-order valence-electron chi connectivity index (χ0n) is 12.3. The second-order valence-electron chi connectivity index (χ2n) is 5.49. The molecular formula is C13H18N2O6S. The molecule has 0 unspecified atom stereocenters. The second kappa shape index (κ2) is 5.73. The van der Waals surface area contributed by atoms with Crippen LogP contribution in [0.25, 0.3) is 0 Å². The van der Waals surface area contributed by atoms with Gasteiger partial charge in [0.2, 0.25) is 5.09 Å². The van der Waals surface area contributed by atoms with Gasteiger partial charge in [-0.25, -0.2) is 17.5 Å². The van der Waals surface area contributed by atoms with Crippen LogP contribution in [0, 0.1) is 0 Å². The van der Waals surface area contributed by atoms with E-state index in [1.807, 2.05) is 0 Å². The number of aliphatic carboxylic acids is 1. The first kappa shape index (κ1) is 16.5. The number of rotatable bonds is 5. The van der Waals surface area contributed by atoms with Gasteiger partial charge < -0.3 is 14.8 Å². The van der Waals surface area contributed by atoms with E-state index in [2.05, 4.69) is 5.32 Å². The molecule has 0 spiro atoms. The van der Waals surface area contributed by atoms with Gasteiger partial charge in [0, 0.05) is 20.2 Å². The minimum atomic E-state index is -3.78. The number of carbonyl (C=O) groups excluding carboxylic acids is 1. The standard InChI is InChI=1S/C13H18N2O6S/c1-15(2)22(19,20)10-7-9(8-21-10)11(16)14-13(12(17)18)5-3-4-6-13/h7-8H,3-6H2,1-2H3,(H,14,16)(H,17,18). The van der Waals surface area contributed by atoms with Gasteiger partial charge in [0.25, 0.3) is 15.9 Å². The lowest BCUT2D eigenvalue weighted by molar-refractivity contribution is -0.144. The number of amides is 1. The molecule has 1 heterocycles. The van der Waals surface area contributed by atoms with Crippen molar-refractivity contribution >= 4 is 21.9 Å². The summed E-state index contributed by atoms with van der Waals surface area (Å²) in [5.41, 5.74) is -1.30. The number of furan rings is 1. The monoisotopic (exact) mass is 330 g/mol. The maximum atomic E-state index is 12.2. The van der Waals surface area contributed by atoms with Gasteiger partial charge in [0.1, 0.15) is 11.8 Å². The molecule has 22 heavy (non-hydrogen) atoms. The van der Waals surface area contributed by atoms with Crippen molar-refractivity contribution in [2.75, 3.05) is 14.1 Å². The molecule has 0 aromatic carbocycles. The van der Waals surface area contributed by atoms with Crippen molar-refractivity contribution in [1.29, 1.82) is 0 Å². The van der Waals surface area contributed by atoms with Crippen LogP contribution in [-0.4, -0.2) is 49.3 Å². The molecule has 1 saturated carbocycles. The fraction of sp³-hybridized carbons (Fsp3) is 0.538. The van der Waals surface area contributed by atoms with Gasteiger partial charge >= 0.3 is 5.97 Å². The molecule has 0 bridgehead atoms. The SMILES string of the molecule is CN(C)S(=O)(=O)c1cc(C(=O)NC2(C(=O)O)CCCC2)co1. The maximum Gasteiger partial charge on any atom is 0.329 e. The van der Waals surface area contributed by atoms with Crippen LogP contribution in [-0.2, 0) is 14.8 Å². The number of carbonyl (C=O) groups is 2. The molecule has 9 heteroatoms. The average Bonchev–Trinajstić information content (AvgIpc) is 3.07. The molecule has 1 amide bonds. The molecule has 1 fully saturated rings. The van der Waals surface area contributed by atoms with Gasteiger partial charge in [-0.3, -0.25) is 4.79 Å². The molecule has 1 aromatic rings. The first-order chi connectivity index (χ1) is 10.2. The Morgan fingerprint density at radius 1 is 1.32 bits per heavy atom. The maximum absolute atomic E-state index is 12.2. The number of hydrogen-bond acceptors (Lipinski definition) is 5. The van der Waals surface area contributed by atoms with Crippen LogP contribution in [0.1, 0.15) is 36.0 Å². The molecule has 2 rings (SSSR count). The van der Waals surface area contributed by atoms with Crippen molar-refractivity contribution in [1.82, 2.24) is 9.62 Å². The first-order valence-electron chi connectivity index (χ1n) is 6.76.